The summed E-state index contributed by atoms with van der Waals surface area (Å²) in [6.07, 6.45) is 0. The molecular weight excluding hydrogens is 163 g/mol. The Balaban J connectivity index is 3.13. The zero-order valence-corrected chi connectivity index (χ0v) is 6.76. The molecule has 0 aliphatic carbocycles. The van der Waals surface area contributed by atoms with Crippen molar-refractivity contribution in [2.75, 3.05) is 0 Å². The molecule has 0 aliphatic heterocycles. The molecule has 8 heavy (non-hydrogen) atoms. The van der Waals surface area contributed by atoms with Crippen molar-refractivity contribution in [3.63, 3.8) is 0 Å². The molecule has 2 heteroatoms. The average Bonchev–Trinajstić information content (AvgIpc) is 1.77. The number of hydrogen-bond acceptors (Lipinski definition) is 1. The van der Waals surface area contributed by atoms with Gasteiger partial charge in [0.25, 0.3) is 0 Å². The third-order valence-corrected chi connectivity index (χ3v) is 1.96. The first-order valence-corrected chi connectivity index (χ1v) is 3.55. The summed E-state index contributed by atoms with van der Waals surface area (Å²) in [4.78, 5) is 0. The molecule has 0 bridgehead atoms. The molecule has 1 aromatic carbocycles. The van der Waals surface area contributed by atoms with Crippen LogP contribution in [0.4, 0.5) is 0 Å². The summed E-state index contributed by atoms with van der Waals surface area (Å²) in [5.41, 5.74) is 0. The SMILES string of the molecule is Oc1ccccc1[AsH2]. The number of phenols is 1. The number of phenolic OH excluding ortho intramolecular Hbond substituents is 1. The maximum absolute atomic E-state index is 8.93. The van der Waals surface area contributed by atoms with E-state index >= 15 is 0 Å². The van der Waals surface area contributed by atoms with Crippen molar-refractivity contribution in [2.24, 2.45) is 0 Å². The van der Waals surface area contributed by atoms with Gasteiger partial charge in [-0.1, -0.05) is 0 Å². The third kappa shape index (κ3) is 1.04. The van der Waals surface area contributed by atoms with Crippen LogP contribution >= 0.6 is 0 Å². The molecule has 0 fully saturated rings. The van der Waals surface area contributed by atoms with Gasteiger partial charge in [-0.05, 0) is 0 Å². The molecule has 1 rings (SSSR count). The Kier molecular flexibility index (Phi) is 1.59. The fourth-order valence-corrected chi connectivity index (χ4v) is 0.923. The predicted molar refractivity (Wildman–Crippen MR) is 36.3 cm³/mol. The average molecular weight is 170 g/mol. The summed E-state index contributed by atoms with van der Waals surface area (Å²) >= 11 is 1.45. The van der Waals surface area contributed by atoms with Gasteiger partial charge in [0.15, 0.2) is 0 Å². The van der Waals surface area contributed by atoms with Gasteiger partial charge < -0.3 is 0 Å². The molecule has 1 atom stereocenters. The van der Waals surface area contributed by atoms with Crippen LogP contribution in [0.1, 0.15) is 0 Å². The van der Waals surface area contributed by atoms with Crippen LogP contribution in [0.5, 0.6) is 5.75 Å². The van der Waals surface area contributed by atoms with Crippen LogP contribution in [-0.4, -0.2) is 22.0 Å². The van der Waals surface area contributed by atoms with E-state index in [-0.39, 0.29) is 0 Å². The monoisotopic (exact) mass is 170 g/mol. The van der Waals surface area contributed by atoms with E-state index in [1.54, 1.807) is 6.07 Å². The minimum absolute atomic E-state index is 0.396. The second kappa shape index (κ2) is 2.23. The summed E-state index contributed by atoms with van der Waals surface area (Å²) in [5, 5.41) is 8.93. The molecule has 0 amide bonds. The van der Waals surface area contributed by atoms with Crippen LogP contribution < -0.4 is 4.35 Å². The minimum atomic E-state index is 0.396. The van der Waals surface area contributed by atoms with Crippen molar-refractivity contribution >= 4 is 21.2 Å². The molecule has 1 aromatic rings. The van der Waals surface area contributed by atoms with Crippen LogP contribution in [0.15, 0.2) is 24.3 Å². The first-order chi connectivity index (χ1) is 3.80. The second-order valence-electron chi connectivity index (χ2n) is 1.56. The summed E-state index contributed by atoms with van der Waals surface area (Å²) < 4.78 is 0.986. The molecule has 0 saturated heterocycles. The number of benzene rings is 1. The van der Waals surface area contributed by atoms with Crippen molar-refractivity contribution in [2.45, 2.75) is 0 Å². The molecule has 0 radical (unpaired) electrons. The van der Waals surface area contributed by atoms with Crippen LogP contribution in [0.25, 0.3) is 0 Å². The molecule has 1 unspecified atom stereocenters. The first-order valence-electron chi connectivity index (χ1n) is 2.34. The van der Waals surface area contributed by atoms with Crippen molar-refractivity contribution in [3.05, 3.63) is 24.3 Å². The zero-order chi connectivity index (χ0) is 5.98. The first kappa shape index (κ1) is 5.71. The van der Waals surface area contributed by atoms with Crippen molar-refractivity contribution in [3.8, 4) is 5.75 Å². The quantitative estimate of drug-likeness (QED) is 0.527. The van der Waals surface area contributed by atoms with Gasteiger partial charge in [-0.15, -0.1) is 0 Å². The van der Waals surface area contributed by atoms with E-state index in [1.807, 2.05) is 18.2 Å². The Morgan fingerprint density at radius 2 is 1.88 bits per heavy atom. The van der Waals surface area contributed by atoms with Crippen molar-refractivity contribution in [1.82, 2.24) is 0 Å². The van der Waals surface area contributed by atoms with Crippen LogP contribution in [0, 0.1) is 0 Å². The fourth-order valence-electron chi connectivity index (χ4n) is 0.488. The van der Waals surface area contributed by atoms with E-state index in [0.29, 0.717) is 5.75 Å². The van der Waals surface area contributed by atoms with Gasteiger partial charge in [0, 0.05) is 0 Å². The van der Waals surface area contributed by atoms with Crippen molar-refractivity contribution in [1.29, 1.82) is 0 Å². The number of para-hydroxylation sites is 1. The molecule has 1 nitrogen and oxygen atoms in total. The molecule has 0 heterocycles. The molecule has 0 aliphatic rings. The third-order valence-electron chi connectivity index (χ3n) is 0.937. The van der Waals surface area contributed by atoms with Gasteiger partial charge in [-0.25, -0.2) is 0 Å². The molecule has 0 aromatic heterocycles. The van der Waals surface area contributed by atoms with E-state index in [9.17, 15) is 0 Å². The number of hydrogen-bond donors (Lipinski definition) is 1. The van der Waals surface area contributed by atoms with Gasteiger partial charge in [-0.3, -0.25) is 0 Å². The summed E-state index contributed by atoms with van der Waals surface area (Å²) in [5.74, 6) is 0.396. The number of rotatable bonds is 0. The normalized spacial score (nSPS) is 9.12. The predicted octanol–water partition coefficient (Wildman–Crippen LogP) is -0.349. The van der Waals surface area contributed by atoms with Gasteiger partial charge in [-0.2, -0.15) is 0 Å². The zero-order valence-electron chi connectivity index (χ0n) is 4.33. The Morgan fingerprint density at radius 3 is 2.25 bits per heavy atom. The Labute approximate surface area is 56.8 Å². The molecule has 0 saturated carbocycles. The Morgan fingerprint density at radius 1 is 1.25 bits per heavy atom. The summed E-state index contributed by atoms with van der Waals surface area (Å²) in [7, 11) is 0. The second-order valence-corrected chi connectivity index (χ2v) is 2.86. The number of aromatic hydroxyl groups is 1. The molecule has 42 valence electrons. The standard InChI is InChI=1S/C6H7AsO/c7-5-3-1-2-4-6(5)8/h1-4,8H,7H2. The van der Waals surface area contributed by atoms with Crippen LogP contribution in [-0.2, 0) is 0 Å². The molecule has 1 N–H and O–H groups in total. The van der Waals surface area contributed by atoms with Gasteiger partial charge in [0.05, 0.1) is 0 Å². The fraction of sp³-hybridized carbons (Fsp3) is 0. The van der Waals surface area contributed by atoms with Crippen LogP contribution in [0.2, 0.25) is 0 Å². The topological polar surface area (TPSA) is 20.2 Å². The van der Waals surface area contributed by atoms with Gasteiger partial charge in [0.2, 0.25) is 0 Å². The Hall–Kier alpha value is -0.422. The van der Waals surface area contributed by atoms with Gasteiger partial charge >= 0.3 is 56.3 Å². The Bertz CT molecular complexity index is 165. The summed E-state index contributed by atoms with van der Waals surface area (Å²) in [6, 6.07) is 7.32. The van der Waals surface area contributed by atoms with Crippen LogP contribution in [0.3, 0.4) is 0 Å². The molecule has 0 spiro atoms. The van der Waals surface area contributed by atoms with E-state index in [4.69, 9.17) is 5.11 Å². The maximum atomic E-state index is 8.93. The molecular formula is C6H7AsO. The van der Waals surface area contributed by atoms with E-state index in [2.05, 4.69) is 0 Å². The van der Waals surface area contributed by atoms with Crippen molar-refractivity contribution < 1.29 is 5.11 Å². The van der Waals surface area contributed by atoms with E-state index < -0.39 is 0 Å². The van der Waals surface area contributed by atoms with E-state index in [1.165, 1.54) is 16.9 Å². The van der Waals surface area contributed by atoms with E-state index in [0.717, 1.165) is 4.35 Å². The van der Waals surface area contributed by atoms with Gasteiger partial charge in [0.1, 0.15) is 0 Å². The summed E-state index contributed by atoms with van der Waals surface area (Å²) in [6.45, 7) is 0.